The van der Waals surface area contributed by atoms with Gasteiger partial charge in [0.1, 0.15) is 0 Å². The standard InChI is InChI=1S/C11H15BrFNO/c1-3-15-11-8(4-5-14-2)6-9(12)7-10(11)13/h6-7,14H,3-5H2,1-2H3. The monoisotopic (exact) mass is 275 g/mol. The van der Waals surface area contributed by atoms with Crippen LogP contribution in [0.25, 0.3) is 0 Å². The third-order valence-corrected chi connectivity index (χ3v) is 2.48. The Morgan fingerprint density at radius 3 is 2.80 bits per heavy atom. The van der Waals surface area contributed by atoms with Crippen molar-refractivity contribution in [2.45, 2.75) is 13.3 Å². The van der Waals surface area contributed by atoms with Crippen LogP contribution in [0.4, 0.5) is 4.39 Å². The summed E-state index contributed by atoms with van der Waals surface area (Å²) in [6.45, 7) is 3.13. The van der Waals surface area contributed by atoms with Gasteiger partial charge in [0, 0.05) is 4.47 Å². The van der Waals surface area contributed by atoms with E-state index in [9.17, 15) is 4.39 Å². The molecule has 2 nitrogen and oxygen atoms in total. The molecule has 1 rings (SSSR count). The summed E-state index contributed by atoms with van der Waals surface area (Å²) >= 11 is 3.27. The predicted molar refractivity (Wildman–Crippen MR) is 62.9 cm³/mol. The van der Waals surface area contributed by atoms with Gasteiger partial charge >= 0.3 is 0 Å². The van der Waals surface area contributed by atoms with Crippen LogP contribution in [-0.4, -0.2) is 20.2 Å². The van der Waals surface area contributed by atoms with Crippen LogP contribution in [0.5, 0.6) is 5.75 Å². The van der Waals surface area contributed by atoms with Crippen LogP contribution < -0.4 is 10.1 Å². The number of ether oxygens (including phenoxy) is 1. The fraction of sp³-hybridized carbons (Fsp3) is 0.455. The lowest BCUT2D eigenvalue weighted by atomic mass is 10.1. The van der Waals surface area contributed by atoms with Crippen molar-refractivity contribution >= 4 is 15.9 Å². The van der Waals surface area contributed by atoms with E-state index in [-0.39, 0.29) is 5.82 Å². The smallest absolute Gasteiger partial charge is 0.166 e. The van der Waals surface area contributed by atoms with Crippen LogP contribution in [0, 0.1) is 5.82 Å². The number of halogens is 2. The highest BCUT2D eigenvalue weighted by Gasteiger charge is 2.10. The first-order chi connectivity index (χ1) is 7.19. The molecule has 1 aromatic rings. The van der Waals surface area contributed by atoms with Gasteiger partial charge in [-0.05, 0) is 44.6 Å². The molecule has 0 aliphatic heterocycles. The zero-order chi connectivity index (χ0) is 11.3. The zero-order valence-corrected chi connectivity index (χ0v) is 10.5. The molecule has 4 heteroatoms. The van der Waals surface area contributed by atoms with Gasteiger partial charge in [-0.15, -0.1) is 0 Å². The van der Waals surface area contributed by atoms with Crippen molar-refractivity contribution in [2.75, 3.05) is 20.2 Å². The summed E-state index contributed by atoms with van der Waals surface area (Å²) in [5.74, 6) is 0.0632. The minimum atomic E-state index is -0.308. The van der Waals surface area contributed by atoms with E-state index < -0.39 is 0 Å². The molecule has 0 fully saturated rings. The van der Waals surface area contributed by atoms with Gasteiger partial charge in [0.15, 0.2) is 11.6 Å². The summed E-state index contributed by atoms with van der Waals surface area (Å²) in [5, 5.41) is 3.03. The molecule has 0 unspecified atom stereocenters. The topological polar surface area (TPSA) is 21.3 Å². The van der Waals surface area contributed by atoms with Gasteiger partial charge in [-0.3, -0.25) is 0 Å². The van der Waals surface area contributed by atoms with Gasteiger partial charge < -0.3 is 10.1 Å². The Balaban J connectivity index is 2.97. The average molecular weight is 276 g/mol. The lowest BCUT2D eigenvalue weighted by Gasteiger charge is -2.11. The molecule has 84 valence electrons. The quantitative estimate of drug-likeness (QED) is 0.892. The predicted octanol–water partition coefficient (Wildman–Crippen LogP) is 2.75. The van der Waals surface area contributed by atoms with Crippen molar-refractivity contribution < 1.29 is 9.13 Å². The summed E-state index contributed by atoms with van der Waals surface area (Å²) in [7, 11) is 1.87. The molecular weight excluding hydrogens is 261 g/mol. The molecule has 15 heavy (non-hydrogen) atoms. The molecule has 0 saturated carbocycles. The van der Waals surface area contributed by atoms with Crippen LogP contribution in [0.3, 0.4) is 0 Å². The van der Waals surface area contributed by atoms with E-state index in [1.165, 1.54) is 6.07 Å². The second kappa shape index (κ2) is 6.08. The number of hydrogen-bond donors (Lipinski definition) is 1. The van der Waals surface area contributed by atoms with Gasteiger partial charge in [-0.1, -0.05) is 15.9 Å². The van der Waals surface area contributed by atoms with Crippen LogP contribution in [0.2, 0.25) is 0 Å². The van der Waals surface area contributed by atoms with E-state index in [1.54, 1.807) is 0 Å². The molecule has 0 heterocycles. The highest BCUT2D eigenvalue weighted by molar-refractivity contribution is 9.10. The van der Waals surface area contributed by atoms with E-state index in [0.717, 1.165) is 23.0 Å². The van der Waals surface area contributed by atoms with E-state index >= 15 is 0 Å². The molecular formula is C11H15BrFNO. The Morgan fingerprint density at radius 2 is 2.20 bits per heavy atom. The molecule has 0 bridgehead atoms. The Bertz CT molecular complexity index is 331. The summed E-state index contributed by atoms with van der Waals surface area (Å²) in [4.78, 5) is 0. The highest BCUT2D eigenvalue weighted by Crippen LogP contribution is 2.27. The van der Waals surface area contributed by atoms with Gasteiger partial charge in [-0.2, -0.15) is 0 Å². The van der Waals surface area contributed by atoms with E-state index in [2.05, 4.69) is 21.2 Å². The first kappa shape index (κ1) is 12.5. The van der Waals surface area contributed by atoms with Gasteiger partial charge in [0.05, 0.1) is 6.61 Å². The van der Waals surface area contributed by atoms with Gasteiger partial charge in [0.25, 0.3) is 0 Å². The molecule has 0 spiro atoms. The molecule has 1 N–H and O–H groups in total. The summed E-state index contributed by atoms with van der Waals surface area (Å²) in [6.07, 6.45) is 0.752. The SMILES string of the molecule is CCOc1c(F)cc(Br)cc1CCNC. The zero-order valence-electron chi connectivity index (χ0n) is 8.94. The molecule has 0 aliphatic carbocycles. The summed E-state index contributed by atoms with van der Waals surface area (Å²) in [6, 6.07) is 3.32. The first-order valence-electron chi connectivity index (χ1n) is 4.94. The van der Waals surface area contributed by atoms with Crippen molar-refractivity contribution in [3.05, 3.63) is 28.0 Å². The molecule has 0 atom stereocenters. The molecule has 0 aromatic heterocycles. The normalized spacial score (nSPS) is 10.4. The van der Waals surface area contributed by atoms with Crippen molar-refractivity contribution in [1.82, 2.24) is 5.32 Å². The van der Waals surface area contributed by atoms with E-state index in [0.29, 0.717) is 12.4 Å². The van der Waals surface area contributed by atoms with E-state index in [4.69, 9.17) is 4.74 Å². The Kier molecular flexibility index (Phi) is 5.05. The van der Waals surface area contributed by atoms with Crippen LogP contribution >= 0.6 is 15.9 Å². The lowest BCUT2D eigenvalue weighted by Crippen LogP contribution is -2.11. The number of benzene rings is 1. The molecule has 0 amide bonds. The van der Waals surface area contributed by atoms with Crippen LogP contribution in [-0.2, 0) is 6.42 Å². The average Bonchev–Trinajstić information content (AvgIpc) is 2.19. The maximum absolute atomic E-state index is 13.5. The van der Waals surface area contributed by atoms with E-state index in [1.807, 2.05) is 20.0 Å². The van der Waals surface area contributed by atoms with Gasteiger partial charge in [0.2, 0.25) is 0 Å². The number of rotatable bonds is 5. The molecule has 0 saturated heterocycles. The van der Waals surface area contributed by atoms with Crippen molar-refractivity contribution in [3.8, 4) is 5.75 Å². The lowest BCUT2D eigenvalue weighted by molar-refractivity contribution is 0.317. The fourth-order valence-electron chi connectivity index (χ4n) is 1.36. The van der Waals surface area contributed by atoms with Crippen molar-refractivity contribution in [2.24, 2.45) is 0 Å². The first-order valence-corrected chi connectivity index (χ1v) is 5.73. The summed E-state index contributed by atoms with van der Waals surface area (Å²) < 4.78 is 19.6. The third kappa shape index (κ3) is 3.47. The fourth-order valence-corrected chi connectivity index (χ4v) is 1.84. The molecule has 1 aromatic carbocycles. The minimum Gasteiger partial charge on any atom is -0.491 e. The molecule has 0 aliphatic rings. The number of hydrogen-bond acceptors (Lipinski definition) is 2. The highest BCUT2D eigenvalue weighted by atomic mass is 79.9. The second-order valence-electron chi connectivity index (χ2n) is 3.16. The molecule has 0 radical (unpaired) electrons. The van der Waals surface area contributed by atoms with Crippen LogP contribution in [0.15, 0.2) is 16.6 Å². The Hall–Kier alpha value is -0.610. The number of nitrogens with one attached hydrogen (secondary N) is 1. The third-order valence-electron chi connectivity index (χ3n) is 2.02. The number of likely N-dealkylation sites (N-methyl/N-ethyl adjacent to an activating group) is 1. The van der Waals surface area contributed by atoms with Crippen molar-refractivity contribution in [1.29, 1.82) is 0 Å². The maximum Gasteiger partial charge on any atom is 0.166 e. The summed E-state index contributed by atoms with van der Waals surface area (Å²) in [5.41, 5.74) is 0.887. The van der Waals surface area contributed by atoms with Crippen molar-refractivity contribution in [3.63, 3.8) is 0 Å². The largest absolute Gasteiger partial charge is 0.491 e. The Morgan fingerprint density at radius 1 is 1.47 bits per heavy atom. The van der Waals surface area contributed by atoms with Gasteiger partial charge in [-0.25, -0.2) is 4.39 Å². The second-order valence-corrected chi connectivity index (χ2v) is 4.08. The van der Waals surface area contributed by atoms with Crippen LogP contribution in [0.1, 0.15) is 12.5 Å². The maximum atomic E-state index is 13.5. The minimum absolute atomic E-state index is 0.308. The Labute approximate surface area is 98.0 Å².